The van der Waals surface area contributed by atoms with Gasteiger partial charge in [-0.2, -0.15) is 0 Å². The van der Waals surface area contributed by atoms with Crippen LogP contribution in [0.2, 0.25) is 0 Å². The molecule has 0 bridgehead atoms. The van der Waals surface area contributed by atoms with Crippen molar-refractivity contribution in [3.8, 4) is 11.1 Å². The summed E-state index contributed by atoms with van der Waals surface area (Å²) in [5, 5.41) is 2.19. The molecule has 2 aromatic heterocycles. The topological polar surface area (TPSA) is 26.0 Å². The summed E-state index contributed by atoms with van der Waals surface area (Å²) in [7, 11) is 0. The molecule has 0 amide bonds. The first-order valence-electron chi connectivity index (χ1n) is 7.59. The zero-order valence-electron chi connectivity index (χ0n) is 12.7. The summed E-state index contributed by atoms with van der Waals surface area (Å²) in [5.74, 6) is 0.536. The van der Waals surface area contributed by atoms with Gasteiger partial charge in [0.25, 0.3) is 0 Å². The first kappa shape index (κ1) is 13.1. The molecule has 0 saturated heterocycles. The zero-order chi connectivity index (χ0) is 15.1. The quantitative estimate of drug-likeness (QED) is 0.467. The molecular formula is C20H17NO. The van der Waals surface area contributed by atoms with Crippen molar-refractivity contribution in [2.75, 3.05) is 0 Å². The Kier molecular flexibility index (Phi) is 2.97. The number of hydrogen-bond donors (Lipinski definition) is 0. The molecule has 0 aliphatic rings. The molecule has 0 unspecified atom stereocenters. The summed E-state index contributed by atoms with van der Waals surface area (Å²) in [6.45, 7) is 4.41. The van der Waals surface area contributed by atoms with Crippen molar-refractivity contribution < 1.29 is 4.42 Å². The van der Waals surface area contributed by atoms with Gasteiger partial charge in [0.1, 0.15) is 11.2 Å². The monoisotopic (exact) mass is 287 g/mol. The first-order valence-corrected chi connectivity index (χ1v) is 7.59. The number of benzene rings is 2. The molecule has 0 atom stereocenters. The van der Waals surface area contributed by atoms with Gasteiger partial charge in [0.15, 0.2) is 0 Å². The number of nitrogens with zero attached hydrogens (tertiary/aromatic N) is 1. The number of para-hydroxylation sites is 1. The van der Waals surface area contributed by atoms with Crippen LogP contribution in [0.5, 0.6) is 0 Å². The fourth-order valence-electron chi connectivity index (χ4n) is 2.89. The smallest absolute Gasteiger partial charge is 0.146 e. The van der Waals surface area contributed by atoms with Crippen molar-refractivity contribution in [1.29, 1.82) is 0 Å². The fraction of sp³-hybridized carbons (Fsp3) is 0.150. The highest BCUT2D eigenvalue weighted by Gasteiger charge is 2.12. The van der Waals surface area contributed by atoms with E-state index in [1.54, 1.807) is 0 Å². The summed E-state index contributed by atoms with van der Waals surface area (Å²) in [4.78, 5) is 4.41. The minimum Gasteiger partial charge on any atom is -0.455 e. The lowest BCUT2D eigenvalue weighted by molar-refractivity contribution is 0.669. The molecule has 0 spiro atoms. The average molecular weight is 287 g/mol. The fourth-order valence-corrected chi connectivity index (χ4v) is 2.89. The van der Waals surface area contributed by atoms with E-state index >= 15 is 0 Å². The van der Waals surface area contributed by atoms with Crippen molar-refractivity contribution in [2.45, 2.75) is 19.8 Å². The minimum atomic E-state index is 0.536. The second-order valence-corrected chi connectivity index (χ2v) is 5.94. The van der Waals surface area contributed by atoms with Gasteiger partial charge in [-0.05, 0) is 23.1 Å². The van der Waals surface area contributed by atoms with Crippen molar-refractivity contribution >= 4 is 21.9 Å². The molecule has 2 heteroatoms. The van der Waals surface area contributed by atoms with Gasteiger partial charge >= 0.3 is 0 Å². The Balaban J connectivity index is 1.94. The first-order chi connectivity index (χ1) is 10.7. The van der Waals surface area contributed by atoms with Gasteiger partial charge in [-0.1, -0.05) is 56.3 Å². The van der Waals surface area contributed by atoms with Crippen LogP contribution in [0.3, 0.4) is 0 Å². The van der Waals surface area contributed by atoms with Crippen LogP contribution in [-0.4, -0.2) is 4.98 Å². The third-order valence-electron chi connectivity index (χ3n) is 4.17. The molecule has 2 aromatic carbocycles. The van der Waals surface area contributed by atoms with Gasteiger partial charge in [0.2, 0.25) is 0 Å². The Labute approximate surface area is 129 Å². The molecule has 2 nitrogen and oxygen atoms in total. The van der Waals surface area contributed by atoms with Gasteiger partial charge in [-0.15, -0.1) is 0 Å². The number of pyridine rings is 1. The molecule has 2 heterocycles. The van der Waals surface area contributed by atoms with E-state index in [4.69, 9.17) is 4.42 Å². The average Bonchev–Trinajstić information content (AvgIpc) is 2.93. The zero-order valence-corrected chi connectivity index (χ0v) is 12.7. The predicted octanol–water partition coefficient (Wildman–Crippen LogP) is 5.77. The Bertz CT molecular complexity index is 948. The highest BCUT2D eigenvalue weighted by molar-refractivity contribution is 6.08. The Morgan fingerprint density at radius 3 is 2.41 bits per heavy atom. The number of hydrogen-bond acceptors (Lipinski definition) is 2. The molecule has 0 aliphatic heterocycles. The maximum atomic E-state index is 6.08. The molecule has 0 saturated carbocycles. The molecule has 108 valence electrons. The van der Waals surface area contributed by atoms with E-state index in [1.807, 2.05) is 30.6 Å². The third kappa shape index (κ3) is 2.00. The van der Waals surface area contributed by atoms with Crippen molar-refractivity contribution in [1.82, 2.24) is 4.98 Å². The Morgan fingerprint density at radius 2 is 1.64 bits per heavy atom. The molecule has 22 heavy (non-hydrogen) atoms. The second-order valence-electron chi connectivity index (χ2n) is 5.94. The molecule has 0 radical (unpaired) electrons. The molecule has 4 rings (SSSR count). The van der Waals surface area contributed by atoms with Crippen LogP contribution >= 0.6 is 0 Å². The van der Waals surface area contributed by atoms with Gasteiger partial charge < -0.3 is 4.42 Å². The van der Waals surface area contributed by atoms with Crippen molar-refractivity contribution in [2.24, 2.45) is 0 Å². The van der Waals surface area contributed by atoms with E-state index in [9.17, 15) is 0 Å². The van der Waals surface area contributed by atoms with Gasteiger partial charge in [-0.25, -0.2) is 0 Å². The Morgan fingerprint density at radius 1 is 0.864 bits per heavy atom. The van der Waals surface area contributed by atoms with Gasteiger partial charge in [0, 0.05) is 28.7 Å². The lowest BCUT2D eigenvalue weighted by Crippen LogP contribution is -1.87. The van der Waals surface area contributed by atoms with E-state index in [2.05, 4.69) is 49.2 Å². The third-order valence-corrected chi connectivity index (χ3v) is 4.17. The Hall–Kier alpha value is -2.61. The highest BCUT2D eigenvalue weighted by Crippen LogP contribution is 2.35. The standard InChI is InChI=1S/C20H17NO/c1-13(2)14-7-9-15(10-8-14)17-11-21-12-18-16-5-3-4-6-19(16)22-20(17)18/h3-13H,1-2H3. The predicted molar refractivity (Wildman–Crippen MR) is 91.0 cm³/mol. The van der Waals surface area contributed by atoms with Gasteiger partial charge in [-0.3, -0.25) is 4.98 Å². The lowest BCUT2D eigenvalue weighted by Gasteiger charge is -2.07. The molecule has 4 aromatic rings. The van der Waals surface area contributed by atoms with Crippen molar-refractivity contribution in [3.05, 3.63) is 66.5 Å². The maximum Gasteiger partial charge on any atom is 0.146 e. The van der Waals surface area contributed by atoms with Crippen LogP contribution in [-0.2, 0) is 0 Å². The van der Waals surface area contributed by atoms with Crippen LogP contribution in [0.25, 0.3) is 33.1 Å². The van der Waals surface area contributed by atoms with E-state index < -0.39 is 0 Å². The second kappa shape index (κ2) is 4.99. The number of aromatic nitrogens is 1. The summed E-state index contributed by atoms with van der Waals surface area (Å²) in [6, 6.07) is 16.8. The molecule has 0 N–H and O–H groups in total. The van der Waals surface area contributed by atoms with E-state index in [-0.39, 0.29) is 0 Å². The highest BCUT2D eigenvalue weighted by atomic mass is 16.3. The van der Waals surface area contributed by atoms with E-state index in [0.717, 1.165) is 33.1 Å². The van der Waals surface area contributed by atoms with Gasteiger partial charge in [0.05, 0.1) is 0 Å². The SMILES string of the molecule is CC(C)c1ccc(-c2cncc3c2oc2ccccc23)cc1. The summed E-state index contributed by atoms with van der Waals surface area (Å²) in [6.07, 6.45) is 3.77. The summed E-state index contributed by atoms with van der Waals surface area (Å²) < 4.78 is 6.08. The van der Waals surface area contributed by atoms with Crippen LogP contribution < -0.4 is 0 Å². The largest absolute Gasteiger partial charge is 0.455 e. The van der Waals surface area contributed by atoms with Crippen LogP contribution in [0.15, 0.2) is 65.3 Å². The number of rotatable bonds is 2. The summed E-state index contributed by atoms with van der Waals surface area (Å²) in [5.41, 5.74) is 5.35. The maximum absolute atomic E-state index is 6.08. The molecule has 0 fully saturated rings. The van der Waals surface area contributed by atoms with Crippen LogP contribution in [0.4, 0.5) is 0 Å². The number of fused-ring (bicyclic) bond motifs is 3. The van der Waals surface area contributed by atoms with Crippen LogP contribution in [0, 0.1) is 0 Å². The molecular weight excluding hydrogens is 270 g/mol. The normalized spacial score (nSPS) is 11.6. The minimum absolute atomic E-state index is 0.536. The lowest BCUT2D eigenvalue weighted by atomic mass is 9.99. The summed E-state index contributed by atoms with van der Waals surface area (Å²) >= 11 is 0. The van der Waals surface area contributed by atoms with E-state index in [1.165, 1.54) is 5.56 Å². The van der Waals surface area contributed by atoms with E-state index in [0.29, 0.717) is 5.92 Å². The van der Waals surface area contributed by atoms with Crippen molar-refractivity contribution in [3.63, 3.8) is 0 Å². The number of furan rings is 1. The van der Waals surface area contributed by atoms with Crippen LogP contribution in [0.1, 0.15) is 25.3 Å². The molecule has 0 aliphatic carbocycles.